The van der Waals surface area contributed by atoms with Crippen LogP contribution in [0.15, 0.2) is 43.7 Å². The van der Waals surface area contributed by atoms with Gasteiger partial charge in [-0.2, -0.15) is 0 Å². The number of fused-ring (bicyclic) bond motifs is 2. The van der Waals surface area contributed by atoms with Gasteiger partial charge in [0.25, 0.3) is 0 Å². The van der Waals surface area contributed by atoms with Crippen LogP contribution < -0.4 is 10.7 Å². The Hall–Kier alpha value is -2.83. The molecule has 6 rings (SSSR count). The molecule has 2 aromatic rings. The molecule has 0 spiro atoms. The van der Waals surface area contributed by atoms with Gasteiger partial charge in [0.05, 0.1) is 22.8 Å². The van der Waals surface area contributed by atoms with E-state index in [4.69, 9.17) is 18.2 Å². The van der Waals surface area contributed by atoms with Crippen molar-refractivity contribution < 1.29 is 8.23 Å². The quantitative estimate of drug-likeness (QED) is 0.281. The highest BCUT2D eigenvalue weighted by molar-refractivity contribution is 6.87. The highest BCUT2D eigenvalue weighted by atomic mass is 28.5. The maximum atomic E-state index is 7.81. The summed E-state index contributed by atoms with van der Waals surface area (Å²) >= 11 is 0. The molecule has 0 saturated carbocycles. The minimum Gasteiger partial charge on any atom is -0.404 e. The van der Waals surface area contributed by atoms with E-state index < -0.39 is 25.5 Å². The SMILES string of the molecule is CCC1=C(C)C2=NC1=Cc1c(C)c(CC)c3n1[Si](O[Si](C)(C)C)(O[Si](C)(C)C)n1c(c(C)c(C)c1=CC1=NC(=C3)C(C)=C1CC)=C2. The molecule has 6 heterocycles. The van der Waals surface area contributed by atoms with Crippen LogP contribution in [0.4, 0.5) is 0 Å². The van der Waals surface area contributed by atoms with Gasteiger partial charge >= 0.3 is 8.88 Å². The first-order valence-corrected chi connectivity index (χ1v) is 25.6. The zero-order valence-corrected chi connectivity index (χ0v) is 33.5. The van der Waals surface area contributed by atoms with Crippen molar-refractivity contribution in [3.05, 3.63) is 78.0 Å². The third-order valence-electron chi connectivity index (χ3n) is 9.81. The first-order valence-electron chi connectivity index (χ1n) is 17.0. The van der Waals surface area contributed by atoms with Crippen LogP contribution in [-0.4, -0.2) is 45.4 Å². The molecule has 0 saturated heterocycles. The molecule has 2 aromatic heterocycles. The summed E-state index contributed by atoms with van der Waals surface area (Å²) in [6.45, 7) is 31.9. The van der Waals surface area contributed by atoms with Crippen molar-refractivity contribution in [1.29, 1.82) is 0 Å². The normalized spacial score (nSPS) is 18.7. The van der Waals surface area contributed by atoms with E-state index in [9.17, 15) is 0 Å². The monoisotopic (exact) mass is 668 g/mol. The smallest absolute Gasteiger partial charge is 0.404 e. The lowest BCUT2D eigenvalue weighted by atomic mass is 10.0. The molecule has 4 aliphatic rings. The van der Waals surface area contributed by atoms with Gasteiger partial charge in [-0.3, -0.25) is 0 Å². The topological polar surface area (TPSA) is 53.0 Å². The number of allylic oxidation sites excluding steroid dienone is 4. The van der Waals surface area contributed by atoms with Gasteiger partial charge in [-0.05, 0) is 162 Å². The van der Waals surface area contributed by atoms with Gasteiger partial charge in [0, 0.05) is 22.1 Å². The van der Waals surface area contributed by atoms with E-state index in [2.05, 4.69) is 127 Å². The molecule has 0 unspecified atom stereocenters. The Morgan fingerprint density at radius 2 is 1.11 bits per heavy atom. The van der Waals surface area contributed by atoms with Crippen LogP contribution in [0.2, 0.25) is 39.3 Å². The van der Waals surface area contributed by atoms with E-state index in [0.717, 1.165) is 64.2 Å². The zero-order valence-electron chi connectivity index (χ0n) is 30.5. The molecular weight excluding hydrogens is 617 g/mol. The summed E-state index contributed by atoms with van der Waals surface area (Å²) in [7, 11) is -8.09. The largest absolute Gasteiger partial charge is 0.577 e. The molecule has 0 N–H and O–H groups in total. The van der Waals surface area contributed by atoms with Gasteiger partial charge in [-0.25, -0.2) is 9.98 Å². The minimum atomic E-state index is -3.60. The van der Waals surface area contributed by atoms with Crippen molar-refractivity contribution in [1.82, 2.24) is 8.47 Å². The number of nitrogens with zero attached hydrogens (tertiary/aromatic N) is 4. The first-order chi connectivity index (χ1) is 21.5. The third-order valence-corrected chi connectivity index (χ3v) is 18.9. The molecule has 0 amide bonds. The summed E-state index contributed by atoms with van der Waals surface area (Å²) in [6.07, 6.45) is 12.1. The zero-order chi connectivity index (χ0) is 33.7. The second-order valence-electron chi connectivity index (χ2n) is 15.2. The molecule has 0 radical (unpaired) electrons. The molecule has 46 heavy (non-hydrogen) atoms. The van der Waals surface area contributed by atoms with Gasteiger partial charge in [0.1, 0.15) is 0 Å². The van der Waals surface area contributed by atoms with Crippen molar-refractivity contribution in [3.63, 3.8) is 0 Å². The third kappa shape index (κ3) is 5.01. The second kappa shape index (κ2) is 11.1. The van der Waals surface area contributed by atoms with Gasteiger partial charge in [-0.1, -0.05) is 20.8 Å². The molecule has 0 aromatic carbocycles. The van der Waals surface area contributed by atoms with Gasteiger partial charge in [0.2, 0.25) is 0 Å². The van der Waals surface area contributed by atoms with E-state index in [1.807, 2.05) is 0 Å². The summed E-state index contributed by atoms with van der Waals surface area (Å²) in [5.41, 5.74) is 16.7. The molecule has 6 bridgehead atoms. The van der Waals surface area contributed by atoms with Gasteiger partial charge in [0.15, 0.2) is 16.6 Å². The molecule has 0 atom stereocenters. The Kier molecular flexibility index (Phi) is 8.00. The van der Waals surface area contributed by atoms with Crippen molar-refractivity contribution in [3.8, 4) is 0 Å². The summed E-state index contributed by atoms with van der Waals surface area (Å²) in [4.78, 5) is 10.7. The number of rotatable bonds is 7. The van der Waals surface area contributed by atoms with E-state index in [-0.39, 0.29) is 0 Å². The van der Waals surface area contributed by atoms with Crippen LogP contribution in [0.3, 0.4) is 0 Å². The average Bonchev–Trinajstić information content (AvgIpc) is 3.58. The molecule has 0 aliphatic carbocycles. The van der Waals surface area contributed by atoms with Crippen molar-refractivity contribution >= 4 is 61.2 Å². The fraction of sp³-hybridized carbons (Fsp3) is 0.459. The number of aromatic nitrogens is 2. The highest BCUT2D eigenvalue weighted by Gasteiger charge is 2.55. The lowest BCUT2D eigenvalue weighted by Crippen LogP contribution is -2.70. The molecular formula is C37H52N4O2Si3. The summed E-state index contributed by atoms with van der Waals surface area (Å²) < 4.78 is 20.7. The van der Waals surface area contributed by atoms with Crippen LogP contribution in [0.25, 0.3) is 24.3 Å². The second-order valence-corrected chi connectivity index (χ2v) is 27.2. The molecule has 244 valence electrons. The van der Waals surface area contributed by atoms with Gasteiger partial charge < -0.3 is 16.7 Å². The average molecular weight is 669 g/mol. The maximum Gasteiger partial charge on any atom is 0.577 e. The van der Waals surface area contributed by atoms with E-state index in [0.29, 0.717) is 0 Å². The fourth-order valence-corrected chi connectivity index (χ4v) is 18.3. The van der Waals surface area contributed by atoms with Crippen LogP contribution in [0, 0.1) is 20.8 Å². The first kappa shape index (κ1) is 33.1. The van der Waals surface area contributed by atoms with Crippen molar-refractivity contribution in [2.75, 3.05) is 0 Å². The Labute approximate surface area is 279 Å². The lowest BCUT2D eigenvalue weighted by molar-refractivity contribution is 0.338. The molecule has 6 nitrogen and oxygen atoms in total. The molecule has 4 aliphatic heterocycles. The van der Waals surface area contributed by atoms with Crippen LogP contribution in [0.5, 0.6) is 0 Å². The van der Waals surface area contributed by atoms with E-state index in [1.54, 1.807) is 0 Å². The van der Waals surface area contributed by atoms with E-state index in [1.165, 1.54) is 44.5 Å². The minimum absolute atomic E-state index is 0.893. The van der Waals surface area contributed by atoms with Gasteiger partial charge in [-0.15, -0.1) is 0 Å². The number of hydrogen-bond donors (Lipinski definition) is 0. The van der Waals surface area contributed by atoms with Crippen molar-refractivity contribution in [2.24, 2.45) is 9.98 Å². The van der Waals surface area contributed by atoms with Crippen LogP contribution >= 0.6 is 0 Å². The number of hydrogen-bond acceptors (Lipinski definition) is 4. The standard InChI is InChI=1S/C37H52N4O2Si3/c1-15-27-24(6)30-18-34-22(4)23(5)35-20-32-28(16-2)25(7)31(39-32)19-37-29(17-3)26(8)36(21-33(27)38-30)41(37)46(40(34)35,42-44(9,10)11)43-45(12,13)14/h18-21H,15-17H2,1-14H3. The number of aliphatic imine (C=N–C) groups is 2. The predicted molar refractivity (Wildman–Crippen MR) is 203 cm³/mol. The van der Waals surface area contributed by atoms with Crippen LogP contribution in [0.1, 0.15) is 81.1 Å². The summed E-state index contributed by atoms with van der Waals surface area (Å²) in [6, 6.07) is 0. The fourth-order valence-electron chi connectivity index (χ4n) is 7.64. The van der Waals surface area contributed by atoms with E-state index >= 15 is 0 Å². The highest BCUT2D eigenvalue weighted by Crippen LogP contribution is 2.40. The predicted octanol–water partition coefficient (Wildman–Crippen LogP) is 7.94. The Morgan fingerprint density at radius 3 is 1.63 bits per heavy atom. The Bertz CT molecular complexity index is 2000. The lowest BCUT2D eigenvalue weighted by Gasteiger charge is -2.42. The van der Waals surface area contributed by atoms with Crippen LogP contribution in [-0.2, 0) is 14.7 Å². The maximum absolute atomic E-state index is 7.81. The molecule has 0 fully saturated rings. The van der Waals surface area contributed by atoms with Crippen molar-refractivity contribution in [2.45, 2.75) is 114 Å². The Balaban J connectivity index is 2.01. The summed E-state index contributed by atoms with van der Waals surface area (Å²) in [5.74, 6) is 0. The Morgan fingerprint density at radius 1 is 0.587 bits per heavy atom. The molecule has 9 heteroatoms. The summed E-state index contributed by atoms with van der Waals surface area (Å²) in [5, 5.41) is 2.27.